The Morgan fingerprint density at radius 1 is 1.71 bits per heavy atom. The summed E-state index contributed by atoms with van der Waals surface area (Å²) in [5.41, 5.74) is 0.884. The number of aliphatic carboxylic acids is 1. The average molecular weight is 310 g/mol. The topological polar surface area (TPSA) is 40.1 Å². The van der Waals surface area contributed by atoms with Gasteiger partial charge in [-0.1, -0.05) is 11.6 Å². The van der Waals surface area contributed by atoms with Gasteiger partial charge in [0.15, 0.2) is 0 Å². The maximum absolute atomic E-state index is 9.32. The quantitative estimate of drug-likeness (QED) is 0.466. The molecule has 0 aromatic rings. The molecule has 0 radical (unpaired) electrons. The van der Waals surface area contributed by atoms with Crippen LogP contribution in [0.3, 0.4) is 0 Å². The first-order valence-corrected chi connectivity index (χ1v) is 1.68. The summed E-state index contributed by atoms with van der Waals surface area (Å²) >= 11 is 4.80. The number of hydrogen-bond donors (Lipinski definition) is 0. The summed E-state index contributed by atoms with van der Waals surface area (Å²) in [7, 11) is 0. The van der Waals surface area contributed by atoms with Gasteiger partial charge in [0.1, 0.15) is 0 Å². The number of hydrogen-bond acceptors (Lipinski definition) is 2. The summed E-state index contributed by atoms with van der Waals surface area (Å²) in [6, 6.07) is 0. The molecule has 0 heterocycles. The first-order valence-electron chi connectivity index (χ1n) is 1.25. The van der Waals surface area contributed by atoms with Crippen LogP contribution in [0.15, 0.2) is 11.6 Å². The normalized spacial score (nSPS) is 8.14. The van der Waals surface area contributed by atoms with Crippen LogP contribution in [-0.2, 0) is 4.79 Å². The number of carbonyl (C=O) groups is 1. The monoisotopic (exact) mass is 310 g/mol. The van der Waals surface area contributed by atoms with E-state index in [0.717, 1.165) is 11.6 Å². The van der Waals surface area contributed by atoms with Gasteiger partial charge in [-0.2, -0.15) is 0 Å². The Kier molecular flexibility index (Phi) is 9.55. The molecule has 2 nitrogen and oxygen atoms in total. The van der Waals surface area contributed by atoms with Crippen molar-refractivity contribution in [1.29, 1.82) is 0 Å². The van der Waals surface area contributed by atoms with Crippen molar-refractivity contribution >= 4 is 44.9 Å². The van der Waals surface area contributed by atoms with Gasteiger partial charge in [-0.15, -0.1) is 0 Å². The molecule has 0 aliphatic rings. The number of carbonyl (C=O) groups excluding carboxylic acids is 1. The Balaban J connectivity index is 0. The summed E-state index contributed by atoms with van der Waals surface area (Å²) in [4.78, 5) is 9.32. The van der Waals surface area contributed by atoms with Gasteiger partial charge in [0.05, 0.1) is 5.97 Å². The minimum absolute atomic E-state index is 0. The SMILES string of the molecule is O=C([O-])/C=C/Cl.[Tl+]. The molecular formula is C3H2ClO2Tl. The molecule has 0 atom stereocenters. The van der Waals surface area contributed by atoms with E-state index in [1.54, 1.807) is 0 Å². The van der Waals surface area contributed by atoms with E-state index in [9.17, 15) is 9.90 Å². The van der Waals surface area contributed by atoms with Gasteiger partial charge in [-0.05, 0) is 6.08 Å². The van der Waals surface area contributed by atoms with Gasteiger partial charge in [0, 0.05) is 5.54 Å². The van der Waals surface area contributed by atoms with Crippen molar-refractivity contribution < 1.29 is 9.90 Å². The van der Waals surface area contributed by atoms with Crippen LogP contribution in [0, 0.1) is 0 Å². The molecule has 0 unspecified atom stereocenters. The van der Waals surface area contributed by atoms with Crippen molar-refractivity contribution in [3.05, 3.63) is 11.6 Å². The molecule has 0 fully saturated rings. The van der Waals surface area contributed by atoms with E-state index in [-0.39, 0.29) is 27.3 Å². The molecule has 0 aliphatic carbocycles. The molecule has 0 N–H and O–H groups in total. The van der Waals surface area contributed by atoms with Crippen molar-refractivity contribution in [2.45, 2.75) is 0 Å². The molecule has 0 aromatic heterocycles. The fraction of sp³-hybridized carbons (Fsp3) is 0. The van der Waals surface area contributed by atoms with Crippen molar-refractivity contribution in [1.82, 2.24) is 0 Å². The minimum Gasteiger partial charge on any atom is -0.545 e. The maximum Gasteiger partial charge on any atom is 1.00 e. The molecule has 0 saturated carbocycles. The fourth-order valence-corrected chi connectivity index (χ4v) is 0.154. The van der Waals surface area contributed by atoms with Crippen LogP contribution in [0.1, 0.15) is 0 Å². The van der Waals surface area contributed by atoms with Crippen LogP contribution in [0.25, 0.3) is 0 Å². The second-order valence-corrected chi connectivity index (χ2v) is 0.864. The minimum atomic E-state index is -1.27. The predicted octanol–water partition coefficient (Wildman–Crippen LogP) is -0.892. The standard InChI is InChI=1S/C3H3ClO2.Tl/c4-2-1-3(5)6;/h1-2H,(H,5,6);/q;+1/p-1/b2-1+;. The Hall–Kier alpha value is 0.422. The van der Waals surface area contributed by atoms with E-state index in [4.69, 9.17) is 11.6 Å². The third-order valence-corrected chi connectivity index (χ3v) is 0.325. The van der Waals surface area contributed by atoms with Crippen LogP contribution >= 0.6 is 11.6 Å². The van der Waals surface area contributed by atoms with Crippen LogP contribution in [0.2, 0.25) is 0 Å². The number of halogens is 1. The molecular weight excluding hydrogens is 308 g/mol. The molecule has 0 spiro atoms. The molecule has 7 heavy (non-hydrogen) atoms. The molecule has 0 bridgehead atoms. The van der Waals surface area contributed by atoms with Crippen LogP contribution in [0.4, 0.5) is 0 Å². The zero-order valence-electron chi connectivity index (χ0n) is 3.43. The molecule has 0 saturated heterocycles. The fourth-order valence-electron chi connectivity index (χ4n) is 0.0514. The van der Waals surface area contributed by atoms with Crippen molar-refractivity contribution in [3.63, 3.8) is 0 Å². The van der Waals surface area contributed by atoms with Crippen molar-refractivity contribution in [2.24, 2.45) is 0 Å². The van der Waals surface area contributed by atoms with Crippen molar-refractivity contribution in [2.75, 3.05) is 0 Å². The Morgan fingerprint density at radius 2 is 2.14 bits per heavy atom. The van der Waals surface area contributed by atoms with Gasteiger partial charge in [0.2, 0.25) is 0 Å². The van der Waals surface area contributed by atoms with E-state index < -0.39 is 5.97 Å². The van der Waals surface area contributed by atoms with E-state index in [1.807, 2.05) is 0 Å². The smallest absolute Gasteiger partial charge is 0.545 e. The third-order valence-electron chi connectivity index (χ3n) is 0.199. The molecule has 0 aliphatic heterocycles. The van der Waals surface area contributed by atoms with Crippen LogP contribution < -0.4 is 5.11 Å². The Morgan fingerprint density at radius 3 is 2.14 bits per heavy atom. The van der Waals surface area contributed by atoms with Gasteiger partial charge >= 0.3 is 27.3 Å². The number of carboxylic acids is 1. The zero-order valence-corrected chi connectivity index (χ0v) is 8.67. The Bertz CT molecular complexity index is 81.0. The van der Waals surface area contributed by atoms with Crippen molar-refractivity contribution in [3.8, 4) is 0 Å². The average Bonchev–Trinajstić information content (AvgIpc) is 1.35. The van der Waals surface area contributed by atoms with Crippen LogP contribution in [-0.4, -0.2) is 33.3 Å². The van der Waals surface area contributed by atoms with E-state index in [0.29, 0.717) is 0 Å². The summed E-state index contributed by atoms with van der Waals surface area (Å²) < 4.78 is 0. The summed E-state index contributed by atoms with van der Waals surface area (Å²) in [5.74, 6) is -1.27. The van der Waals surface area contributed by atoms with E-state index in [2.05, 4.69) is 0 Å². The summed E-state index contributed by atoms with van der Waals surface area (Å²) in [5, 5.41) is 9.32. The predicted molar refractivity (Wildman–Crippen MR) is 25.8 cm³/mol. The molecule has 4 heteroatoms. The molecule has 0 amide bonds. The third kappa shape index (κ3) is 10.7. The van der Waals surface area contributed by atoms with Gasteiger partial charge in [-0.3, -0.25) is 0 Å². The van der Waals surface area contributed by atoms with E-state index >= 15 is 0 Å². The largest absolute Gasteiger partial charge is 1.00 e. The first-order chi connectivity index (χ1) is 2.77. The number of rotatable bonds is 1. The first kappa shape index (κ1) is 10.4. The van der Waals surface area contributed by atoms with Gasteiger partial charge < -0.3 is 9.90 Å². The summed E-state index contributed by atoms with van der Waals surface area (Å²) in [6.07, 6.45) is 0.738. The molecule has 36 valence electrons. The number of carboxylic acid groups (broad SMARTS) is 1. The zero-order chi connectivity index (χ0) is 4.99. The van der Waals surface area contributed by atoms with Gasteiger partial charge in [-0.25, -0.2) is 0 Å². The second-order valence-electron chi connectivity index (χ2n) is 0.612. The van der Waals surface area contributed by atoms with E-state index in [1.165, 1.54) is 0 Å². The Labute approximate surface area is 66.3 Å². The molecule has 0 rings (SSSR count). The second kappa shape index (κ2) is 6.42. The summed E-state index contributed by atoms with van der Waals surface area (Å²) in [6.45, 7) is 0. The maximum atomic E-state index is 9.32. The molecule has 0 aromatic carbocycles. The van der Waals surface area contributed by atoms with Gasteiger partial charge in [0.25, 0.3) is 0 Å². The van der Waals surface area contributed by atoms with Crippen LogP contribution in [0.5, 0.6) is 0 Å².